The Balaban J connectivity index is 1.89. The first kappa shape index (κ1) is 15.3. The molecule has 1 aromatic carbocycles. The maximum atomic E-state index is 12.5. The van der Waals surface area contributed by atoms with Crippen LogP contribution in [-0.4, -0.2) is 59.0 Å². The number of benzene rings is 1. The highest BCUT2D eigenvalue weighted by molar-refractivity contribution is 6.07. The highest BCUT2D eigenvalue weighted by atomic mass is 16.7. The lowest BCUT2D eigenvalue weighted by atomic mass is 9.79. The zero-order chi connectivity index (χ0) is 17.0. The van der Waals surface area contributed by atoms with E-state index in [1.807, 2.05) is 0 Å². The van der Waals surface area contributed by atoms with Gasteiger partial charge < -0.3 is 34.8 Å². The van der Waals surface area contributed by atoms with Crippen LogP contribution in [0.4, 0.5) is 0 Å². The van der Waals surface area contributed by atoms with Crippen molar-refractivity contribution in [2.24, 2.45) is 0 Å². The van der Waals surface area contributed by atoms with E-state index in [0.717, 1.165) is 0 Å². The van der Waals surface area contributed by atoms with Crippen LogP contribution in [0.15, 0.2) is 12.1 Å². The van der Waals surface area contributed by atoms with Crippen molar-refractivity contribution in [3.63, 3.8) is 0 Å². The Morgan fingerprint density at radius 2 is 2.17 bits per heavy atom. The van der Waals surface area contributed by atoms with E-state index in [4.69, 9.17) is 14.2 Å². The highest BCUT2D eigenvalue weighted by Gasteiger charge is 2.45. The molecule has 128 valence electrons. The van der Waals surface area contributed by atoms with Gasteiger partial charge in [-0.25, -0.2) is 0 Å². The van der Waals surface area contributed by atoms with Gasteiger partial charge in [0.15, 0.2) is 11.5 Å². The number of rotatable bonds is 2. The number of aliphatic hydroxyl groups excluding tert-OH is 2. The Morgan fingerprint density at radius 3 is 2.92 bits per heavy atom. The van der Waals surface area contributed by atoms with Crippen LogP contribution in [0.3, 0.4) is 0 Å². The fourth-order valence-corrected chi connectivity index (χ4v) is 3.46. The number of fused-ring (bicyclic) bond motifs is 4. The monoisotopic (exact) mass is 335 g/mol. The SMILES string of the molecule is CCOC1C2NC(=O)c3c(cc4c(c3O)OCO4)C2=CC(O)C1O. The van der Waals surface area contributed by atoms with Gasteiger partial charge in [0.25, 0.3) is 5.91 Å². The molecule has 0 spiro atoms. The Bertz CT molecular complexity index is 744. The van der Waals surface area contributed by atoms with Crippen molar-refractivity contribution in [2.45, 2.75) is 31.3 Å². The average Bonchev–Trinajstić information content (AvgIpc) is 3.02. The van der Waals surface area contributed by atoms with E-state index in [1.54, 1.807) is 13.0 Å². The van der Waals surface area contributed by atoms with Gasteiger partial charge in [0.2, 0.25) is 12.5 Å². The standard InChI is InChI=1S/C16H17NO7/c1-2-22-15-11-7(3-8(18)12(15)19)6-4-9-14(24-5-23-9)13(20)10(6)16(21)17-11/h3-4,8,11-12,15,18-20H,2,5H2,1H3,(H,17,21). The molecular formula is C16H17NO7. The van der Waals surface area contributed by atoms with Gasteiger partial charge in [-0.2, -0.15) is 0 Å². The van der Waals surface area contributed by atoms with E-state index < -0.39 is 30.3 Å². The van der Waals surface area contributed by atoms with Gasteiger partial charge in [-0.15, -0.1) is 0 Å². The number of hydrogen-bond donors (Lipinski definition) is 4. The van der Waals surface area contributed by atoms with Crippen molar-refractivity contribution in [2.75, 3.05) is 13.4 Å². The normalized spacial score (nSPS) is 30.3. The minimum Gasteiger partial charge on any atom is -0.504 e. The maximum absolute atomic E-state index is 12.5. The summed E-state index contributed by atoms with van der Waals surface area (Å²) in [6.07, 6.45) is -1.65. The molecule has 4 N–H and O–H groups in total. The summed E-state index contributed by atoms with van der Waals surface area (Å²) in [7, 11) is 0. The first-order chi connectivity index (χ1) is 11.5. The summed E-state index contributed by atoms with van der Waals surface area (Å²) in [5.41, 5.74) is 1.05. The molecule has 1 aromatic rings. The van der Waals surface area contributed by atoms with Gasteiger partial charge in [0.1, 0.15) is 18.3 Å². The lowest BCUT2D eigenvalue weighted by Gasteiger charge is -2.41. The number of carbonyl (C=O) groups excluding carboxylic acids is 1. The minimum absolute atomic E-state index is 0.0429. The molecule has 0 saturated heterocycles. The number of aliphatic hydroxyl groups is 2. The summed E-state index contributed by atoms with van der Waals surface area (Å²) in [5.74, 6) is -0.350. The van der Waals surface area contributed by atoms with Crippen LogP contribution in [-0.2, 0) is 4.74 Å². The van der Waals surface area contributed by atoms with Crippen LogP contribution >= 0.6 is 0 Å². The van der Waals surface area contributed by atoms with Crippen molar-refractivity contribution in [1.82, 2.24) is 5.32 Å². The number of phenols is 1. The first-order valence-corrected chi connectivity index (χ1v) is 7.69. The Kier molecular flexibility index (Phi) is 3.41. The molecule has 3 aliphatic rings. The third-order valence-electron chi connectivity index (χ3n) is 4.52. The summed E-state index contributed by atoms with van der Waals surface area (Å²) in [6, 6.07) is 0.964. The molecule has 0 aromatic heterocycles. The van der Waals surface area contributed by atoms with Crippen molar-refractivity contribution in [3.8, 4) is 17.2 Å². The number of carbonyl (C=O) groups is 1. The molecule has 0 bridgehead atoms. The number of phenolic OH excluding ortho intramolecular Hbond substituents is 1. The van der Waals surface area contributed by atoms with Crippen LogP contribution in [0.25, 0.3) is 5.57 Å². The van der Waals surface area contributed by atoms with Crippen molar-refractivity contribution in [1.29, 1.82) is 0 Å². The number of nitrogens with one attached hydrogen (secondary N) is 1. The van der Waals surface area contributed by atoms with Gasteiger partial charge in [0, 0.05) is 12.2 Å². The molecule has 8 heteroatoms. The Hall–Kier alpha value is -2.29. The summed E-state index contributed by atoms with van der Waals surface area (Å²) >= 11 is 0. The summed E-state index contributed by atoms with van der Waals surface area (Å²) in [6.45, 7) is 2.03. The van der Waals surface area contributed by atoms with Crippen molar-refractivity contribution in [3.05, 3.63) is 23.3 Å². The first-order valence-electron chi connectivity index (χ1n) is 7.69. The highest BCUT2D eigenvalue weighted by Crippen LogP contribution is 2.48. The molecule has 1 amide bonds. The third kappa shape index (κ3) is 2.00. The molecule has 4 unspecified atom stereocenters. The lowest BCUT2D eigenvalue weighted by molar-refractivity contribution is -0.0851. The van der Waals surface area contributed by atoms with Gasteiger partial charge >= 0.3 is 0 Å². The quantitative estimate of drug-likeness (QED) is 0.589. The van der Waals surface area contributed by atoms with Crippen LogP contribution in [0.1, 0.15) is 22.8 Å². The van der Waals surface area contributed by atoms with E-state index in [-0.39, 0.29) is 23.9 Å². The predicted molar refractivity (Wildman–Crippen MR) is 80.9 cm³/mol. The molecule has 0 saturated carbocycles. The zero-order valence-corrected chi connectivity index (χ0v) is 12.9. The summed E-state index contributed by atoms with van der Waals surface area (Å²) in [4.78, 5) is 12.5. The molecule has 24 heavy (non-hydrogen) atoms. The van der Waals surface area contributed by atoms with E-state index in [1.165, 1.54) is 6.08 Å². The topological polar surface area (TPSA) is 117 Å². The van der Waals surface area contributed by atoms with E-state index in [0.29, 0.717) is 23.5 Å². The van der Waals surface area contributed by atoms with Crippen molar-refractivity contribution >= 4 is 11.5 Å². The molecular weight excluding hydrogens is 318 g/mol. The number of amides is 1. The minimum atomic E-state index is -1.16. The predicted octanol–water partition coefficient (Wildman–Crippen LogP) is -0.243. The van der Waals surface area contributed by atoms with Crippen LogP contribution in [0.5, 0.6) is 17.2 Å². The number of hydrogen-bond acceptors (Lipinski definition) is 7. The van der Waals surface area contributed by atoms with Crippen LogP contribution < -0.4 is 14.8 Å². The molecule has 1 aliphatic carbocycles. The smallest absolute Gasteiger partial charge is 0.256 e. The molecule has 8 nitrogen and oxygen atoms in total. The fraction of sp³-hybridized carbons (Fsp3) is 0.438. The third-order valence-corrected chi connectivity index (χ3v) is 4.52. The van der Waals surface area contributed by atoms with Gasteiger partial charge in [-0.1, -0.05) is 0 Å². The van der Waals surface area contributed by atoms with Gasteiger partial charge in [-0.05, 0) is 24.6 Å². The van der Waals surface area contributed by atoms with E-state index in [9.17, 15) is 20.1 Å². The Labute approximate surface area is 137 Å². The number of ether oxygens (including phenoxy) is 3. The molecule has 2 aliphatic heterocycles. The van der Waals surface area contributed by atoms with E-state index >= 15 is 0 Å². The van der Waals surface area contributed by atoms with Gasteiger partial charge in [0.05, 0.1) is 11.6 Å². The van der Waals surface area contributed by atoms with Crippen LogP contribution in [0, 0.1) is 0 Å². The van der Waals surface area contributed by atoms with Crippen LogP contribution in [0.2, 0.25) is 0 Å². The summed E-state index contributed by atoms with van der Waals surface area (Å²) in [5, 5.41) is 33.4. The fourth-order valence-electron chi connectivity index (χ4n) is 3.46. The zero-order valence-electron chi connectivity index (χ0n) is 12.9. The second kappa shape index (κ2) is 5.37. The van der Waals surface area contributed by atoms with E-state index in [2.05, 4.69) is 5.32 Å². The number of aromatic hydroxyl groups is 1. The van der Waals surface area contributed by atoms with Gasteiger partial charge in [-0.3, -0.25) is 4.79 Å². The average molecular weight is 335 g/mol. The molecule has 4 rings (SSSR count). The second-order valence-corrected chi connectivity index (χ2v) is 5.86. The molecule has 2 heterocycles. The maximum Gasteiger partial charge on any atom is 0.256 e. The molecule has 0 fully saturated rings. The Morgan fingerprint density at radius 1 is 1.38 bits per heavy atom. The lowest BCUT2D eigenvalue weighted by Crippen LogP contribution is -2.58. The van der Waals surface area contributed by atoms with Crippen molar-refractivity contribution < 1.29 is 34.3 Å². The second-order valence-electron chi connectivity index (χ2n) is 5.86. The summed E-state index contributed by atoms with van der Waals surface area (Å²) < 4.78 is 16.0. The molecule has 0 radical (unpaired) electrons. The molecule has 4 atom stereocenters. The largest absolute Gasteiger partial charge is 0.504 e.